The summed E-state index contributed by atoms with van der Waals surface area (Å²) in [6, 6.07) is -0.919. The molecule has 1 unspecified atom stereocenters. The van der Waals surface area contributed by atoms with Crippen molar-refractivity contribution in [3.05, 3.63) is 0 Å². The monoisotopic (exact) mass is 217 g/mol. The molecule has 0 spiro atoms. The molecule has 0 bridgehead atoms. The number of alkyl halides is 2. The molecule has 0 amide bonds. The number of hydrogen-bond acceptors (Lipinski definition) is 2. The average molecular weight is 218 g/mol. The van der Waals surface area contributed by atoms with Crippen molar-refractivity contribution in [3.63, 3.8) is 0 Å². The zero-order valence-corrected chi connectivity index (χ0v) is 9.25. The first-order chi connectivity index (χ1) is 5.45. The van der Waals surface area contributed by atoms with Gasteiger partial charge in [0.1, 0.15) is 6.04 Å². The van der Waals surface area contributed by atoms with Gasteiger partial charge in [-0.2, -0.15) is 8.78 Å². The van der Waals surface area contributed by atoms with E-state index in [2.05, 4.69) is 10.1 Å². The molecule has 0 saturated carbocycles. The van der Waals surface area contributed by atoms with E-state index in [9.17, 15) is 8.78 Å². The maximum absolute atomic E-state index is 13.1. The number of hydrogen-bond donors (Lipinski definition) is 1. The van der Waals surface area contributed by atoms with Gasteiger partial charge in [-0.15, -0.1) is 12.4 Å². The summed E-state index contributed by atoms with van der Waals surface area (Å²) in [5.74, 6) is -0.156. The fourth-order valence-electron chi connectivity index (χ4n) is 1.17. The van der Waals surface area contributed by atoms with Crippen LogP contribution < -0.4 is 5.32 Å². The average Bonchev–Trinajstić information content (AvgIpc) is 1.86. The van der Waals surface area contributed by atoms with Crippen LogP contribution in [-0.2, 0) is 4.74 Å². The summed E-state index contributed by atoms with van der Waals surface area (Å²) >= 11 is 0. The topological polar surface area (TPSA) is 21.3 Å². The SMILES string of the molecule is CCOC(F)(F)C(NC)C(C)C.Cl. The van der Waals surface area contributed by atoms with Crippen molar-refractivity contribution in [1.29, 1.82) is 0 Å². The number of ether oxygens (including phenoxy) is 1. The standard InChI is InChI=1S/C8H17F2NO.ClH/c1-5-12-8(9,10)7(11-4)6(2)3;/h6-7,11H,5H2,1-4H3;1H. The molecule has 0 heterocycles. The van der Waals surface area contributed by atoms with E-state index in [1.807, 2.05) is 0 Å². The van der Waals surface area contributed by atoms with Crippen LogP contribution in [0.15, 0.2) is 0 Å². The summed E-state index contributed by atoms with van der Waals surface area (Å²) in [5, 5.41) is 2.55. The van der Waals surface area contributed by atoms with Crippen LogP contribution in [-0.4, -0.2) is 25.8 Å². The molecule has 13 heavy (non-hydrogen) atoms. The van der Waals surface area contributed by atoms with Crippen LogP contribution in [0.1, 0.15) is 20.8 Å². The summed E-state index contributed by atoms with van der Waals surface area (Å²) in [6.45, 7) is 5.04. The van der Waals surface area contributed by atoms with E-state index < -0.39 is 12.2 Å². The largest absolute Gasteiger partial charge is 0.371 e. The van der Waals surface area contributed by atoms with Gasteiger partial charge in [-0.1, -0.05) is 13.8 Å². The van der Waals surface area contributed by atoms with Gasteiger partial charge in [0, 0.05) is 0 Å². The number of likely N-dealkylation sites (N-methyl/N-ethyl adjacent to an activating group) is 1. The lowest BCUT2D eigenvalue weighted by Gasteiger charge is -2.28. The van der Waals surface area contributed by atoms with E-state index in [0.29, 0.717) is 0 Å². The molecule has 0 aliphatic carbocycles. The fourth-order valence-corrected chi connectivity index (χ4v) is 1.17. The molecule has 0 aromatic heterocycles. The normalized spacial score (nSPS) is 14.1. The Morgan fingerprint density at radius 1 is 1.38 bits per heavy atom. The summed E-state index contributed by atoms with van der Waals surface area (Å²) in [7, 11) is 1.51. The van der Waals surface area contributed by atoms with Gasteiger partial charge >= 0.3 is 6.11 Å². The van der Waals surface area contributed by atoms with E-state index in [1.54, 1.807) is 20.8 Å². The van der Waals surface area contributed by atoms with Crippen molar-refractivity contribution in [2.45, 2.75) is 32.9 Å². The Bertz CT molecular complexity index is 133. The first kappa shape index (κ1) is 15.5. The minimum absolute atomic E-state index is 0. The first-order valence-electron chi connectivity index (χ1n) is 4.14. The van der Waals surface area contributed by atoms with Crippen LogP contribution in [0.2, 0.25) is 0 Å². The third-order valence-electron chi connectivity index (χ3n) is 1.68. The first-order valence-corrected chi connectivity index (χ1v) is 4.14. The van der Waals surface area contributed by atoms with Gasteiger partial charge in [-0.3, -0.25) is 0 Å². The van der Waals surface area contributed by atoms with E-state index in [-0.39, 0.29) is 24.9 Å². The van der Waals surface area contributed by atoms with Crippen molar-refractivity contribution in [2.24, 2.45) is 5.92 Å². The second kappa shape index (κ2) is 6.51. The minimum atomic E-state index is -3.07. The second-order valence-corrected chi connectivity index (χ2v) is 3.01. The third-order valence-corrected chi connectivity index (χ3v) is 1.68. The maximum atomic E-state index is 13.1. The summed E-state index contributed by atoms with van der Waals surface area (Å²) in [4.78, 5) is 0. The predicted octanol–water partition coefficient (Wildman–Crippen LogP) is 2.28. The van der Waals surface area contributed by atoms with Crippen molar-refractivity contribution < 1.29 is 13.5 Å². The number of rotatable bonds is 5. The Morgan fingerprint density at radius 3 is 2.08 bits per heavy atom. The lowest BCUT2D eigenvalue weighted by Crippen LogP contribution is -2.48. The van der Waals surface area contributed by atoms with Crippen LogP contribution in [0, 0.1) is 5.92 Å². The predicted molar refractivity (Wildman–Crippen MR) is 51.5 cm³/mol. The second-order valence-electron chi connectivity index (χ2n) is 3.01. The molecule has 0 rings (SSSR count). The molecule has 0 aliphatic heterocycles. The molecule has 1 N–H and O–H groups in total. The Labute approximate surface area is 84.4 Å². The molecule has 0 saturated heterocycles. The fraction of sp³-hybridized carbons (Fsp3) is 1.00. The summed E-state index contributed by atoms with van der Waals surface area (Å²) in [5.41, 5.74) is 0. The molecule has 0 aliphatic rings. The lowest BCUT2D eigenvalue weighted by molar-refractivity contribution is -0.259. The molecule has 0 aromatic carbocycles. The highest BCUT2D eigenvalue weighted by Crippen LogP contribution is 2.24. The van der Waals surface area contributed by atoms with E-state index in [1.165, 1.54) is 7.05 Å². The van der Waals surface area contributed by atoms with Crippen molar-refractivity contribution >= 4 is 12.4 Å². The van der Waals surface area contributed by atoms with Crippen LogP contribution in [0.3, 0.4) is 0 Å². The molecule has 0 radical (unpaired) electrons. The van der Waals surface area contributed by atoms with Gasteiger partial charge < -0.3 is 10.1 Å². The summed E-state index contributed by atoms with van der Waals surface area (Å²) in [6.07, 6.45) is -3.07. The lowest BCUT2D eigenvalue weighted by atomic mass is 10.0. The van der Waals surface area contributed by atoms with Crippen molar-refractivity contribution in [3.8, 4) is 0 Å². The van der Waals surface area contributed by atoms with Crippen LogP contribution >= 0.6 is 12.4 Å². The third kappa shape index (κ3) is 4.74. The highest BCUT2D eigenvalue weighted by atomic mass is 35.5. The van der Waals surface area contributed by atoms with Gasteiger partial charge in [0.15, 0.2) is 0 Å². The van der Waals surface area contributed by atoms with Crippen molar-refractivity contribution in [2.75, 3.05) is 13.7 Å². The van der Waals surface area contributed by atoms with Crippen LogP contribution in [0.5, 0.6) is 0 Å². The minimum Gasteiger partial charge on any atom is -0.320 e. The number of halogens is 3. The maximum Gasteiger partial charge on any atom is 0.371 e. The molecule has 0 aromatic rings. The van der Waals surface area contributed by atoms with Gasteiger partial charge in [0.25, 0.3) is 0 Å². The number of nitrogens with one attached hydrogen (secondary N) is 1. The zero-order chi connectivity index (χ0) is 9.78. The Balaban J connectivity index is 0. The molecule has 2 nitrogen and oxygen atoms in total. The van der Waals surface area contributed by atoms with E-state index in [0.717, 1.165) is 0 Å². The van der Waals surface area contributed by atoms with Crippen LogP contribution in [0.4, 0.5) is 8.78 Å². The van der Waals surface area contributed by atoms with Gasteiger partial charge in [-0.25, -0.2) is 0 Å². The van der Waals surface area contributed by atoms with E-state index >= 15 is 0 Å². The Morgan fingerprint density at radius 2 is 1.85 bits per heavy atom. The van der Waals surface area contributed by atoms with Gasteiger partial charge in [-0.05, 0) is 19.9 Å². The smallest absolute Gasteiger partial charge is 0.320 e. The van der Waals surface area contributed by atoms with E-state index in [4.69, 9.17) is 0 Å². The van der Waals surface area contributed by atoms with Crippen LogP contribution in [0.25, 0.3) is 0 Å². The zero-order valence-electron chi connectivity index (χ0n) is 8.43. The highest BCUT2D eigenvalue weighted by molar-refractivity contribution is 5.85. The molecule has 5 heteroatoms. The molecular formula is C8H18ClF2NO. The molecule has 1 atom stereocenters. The van der Waals surface area contributed by atoms with Crippen molar-refractivity contribution in [1.82, 2.24) is 5.32 Å². The van der Waals surface area contributed by atoms with Gasteiger partial charge in [0.2, 0.25) is 0 Å². The molecule has 0 fully saturated rings. The highest BCUT2D eigenvalue weighted by Gasteiger charge is 2.41. The van der Waals surface area contributed by atoms with Gasteiger partial charge in [0.05, 0.1) is 6.61 Å². The summed E-state index contributed by atoms with van der Waals surface area (Å²) < 4.78 is 30.5. The quantitative estimate of drug-likeness (QED) is 0.763. The molecular weight excluding hydrogens is 200 g/mol. The Kier molecular flexibility index (Phi) is 7.78. The molecule has 82 valence electrons. The Hall–Kier alpha value is 0.0700.